The van der Waals surface area contributed by atoms with Crippen LogP contribution in [-0.2, 0) is 9.63 Å². The van der Waals surface area contributed by atoms with Gasteiger partial charge in [0.2, 0.25) is 0 Å². The van der Waals surface area contributed by atoms with Crippen LogP contribution in [0.5, 0.6) is 0 Å². The summed E-state index contributed by atoms with van der Waals surface area (Å²) in [6.07, 6.45) is 21.7. The van der Waals surface area contributed by atoms with Crippen LogP contribution >= 0.6 is 0 Å². The van der Waals surface area contributed by atoms with Crippen molar-refractivity contribution < 1.29 is 19.2 Å². The molecule has 8 nitrogen and oxygen atoms in total. The molecule has 1 heterocycles. The van der Waals surface area contributed by atoms with Gasteiger partial charge < -0.3 is 10.2 Å². The number of amides is 4. The van der Waals surface area contributed by atoms with Gasteiger partial charge in [0, 0.05) is 37.1 Å². The number of hydrogen-bond donors (Lipinski definition) is 1. The van der Waals surface area contributed by atoms with E-state index >= 15 is 0 Å². The van der Waals surface area contributed by atoms with Crippen LogP contribution in [0.25, 0.3) is 0 Å². The van der Waals surface area contributed by atoms with Crippen LogP contribution in [0, 0.1) is 5.92 Å². The number of urea groups is 2. The Bertz CT molecular complexity index is 901. The largest absolute Gasteiger partial charge is 0.334 e. The fraction of sp³-hybridized carbons (Fsp3) is 0.821. The molecule has 0 saturated carbocycles. The first kappa shape index (κ1) is 42.8. The molecule has 8 heteroatoms. The number of carbonyl (C=O) groups excluding carboxylic acids is 3. The maximum atomic E-state index is 13.9. The first-order valence-electron chi connectivity index (χ1n) is 18.9. The lowest BCUT2D eigenvalue weighted by Crippen LogP contribution is -2.60. The number of Topliss-reactive ketones (excluding diaryl/α,β-unsaturated/α-hetero) is 1. The molecular weight excluding hydrogens is 588 g/mol. The smallest absolute Gasteiger partial charge is 0.328 e. The maximum Gasteiger partial charge on any atom is 0.328 e. The average molecular weight is 661 g/mol. The number of ketones is 1. The fourth-order valence-electron chi connectivity index (χ4n) is 7.20. The van der Waals surface area contributed by atoms with Gasteiger partial charge in [-0.2, -0.15) is 5.06 Å². The molecule has 47 heavy (non-hydrogen) atoms. The summed E-state index contributed by atoms with van der Waals surface area (Å²) in [6.45, 7) is 22.6. The lowest BCUT2D eigenvalue weighted by atomic mass is 9.73. The maximum absolute atomic E-state index is 13.9. The predicted molar refractivity (Wildman–Crippen MR) is 196 cm³/mol. The van der Waals surface area contributed by atoms with Crippen molar-refractivity contribution >= 4 is 17.8 Å². The summed E-state index contributed by atoms with van der Waals surface area (Å²) in [5.74, 6) is 0.253. The number of unbranched alkanes of at least 4 members (excludes halogenated alkanes) is 12. The van der Waals surface area contributed by atoms with Crippen LogP contribution in [-0.4, -0.2) is 76.6 Å². The van der Waals surface area contributed by atoms with Gasteiger partial charge in [-0.1, -0.05) is 90.2 Å². The molecule has 0 unspecified atom stereocenters. The number of piperidine rings is 1. The third-order valence-electron chi connectivity index (χ3n) is 9.24. The zero-order valence-corrected chi connectivity index (χ0v) is 31.4. The topological polar surface area (TPSA) is 82.2 Å². The molecule has 1 N–H and O–H groups in total. The fourth-order valence-corrected chi connectivity index (χ4v) is 7.20. The quantitative estimate of drug-likeness (QED) is 0.0738. The van der Waals surface area contributed by atoms with Gasteiger partial charge in [0.05, 0.1) is 13.2 Å². The lowest BCUT2D eigenvalue weighted by Gasteiger charge is -2.54. The van der Waals surface area contributed by atoms with Crippen LogP contribution in [0.15, 0.2) is 25.3 Å². The molecule has 1 rings (SSSR count). The van der Waals surface area contributed by atoms with Crippen LogP contribution in [0.1, 0.15) is 157 Å². The van der Waals surface area contributed by atoms with Gasteiger partial charge >= 0.3 is 12.1 Å². The van der Waals surface area contributed by atoms with E-state index in [-0.39, 0.29) is 41.9 Å². The van der Waals surface area contributed by atoms with Gasteiger partial charge in [-0.3, -0.25) is 9.63 Å². The van der Waals surface area contributed by atoms with E-state index in [1.54, 1.807) is 11.0 Å². The number of rotatable bonds is 26. The summed E-state index contributed by atoms with van der Waals surface area (Å²) < 4.78 is 0. The van der Waals surface area contributed by atoms with Crippen molar-refractivity contribution in [2.75, 3.05) is 32.8 Å². The highest BCUT2D eigenvalue weighted by Crippen LogP contribution is 2.43. The van der Waals surface area contributed by atoms with Crippen LogP contribution in [0.3, 0.4) is 0 Å². The van der Waals surface area contributed by atoms with Crippen molar-refractivity contribution in [2.45, 2.75) is 168 Å². The summed E-state index contributed by atoms with van der Waals surface area (Å²) in [5, 5.41) is 4.97. The highest BCUT2D eigenvalue weighted by Gasteiger charge is 2.46. The molecule has 272 valence electrons. The molecule has 0 atom stereocenters. The Balaban J connectivity index is 2.92. The zero-order chi connectivity index (χ0) is 35.1. The molecule has 0 radical (unpaired) electrons. The molecule has 0 aromatic rings. The Hall–Kier alpha value is -2.19. The monoisotopic (exact) mass is 661 g/mol. The summed E-state index contributed by atoms with van der Waals surface area (Å²) >= 11 is 0. The third kappa shape index (κ3) is 17.2. The first-order chi connectivity index (χ1) is 22.4. The second-order valence-electron chi connectivity index (χ2n) is 14.9. The molecule has 0 bridgehead atoms. The van der Waals surface area contributed by atoms with Gasteiger partial charge in [-0.15, -0.1) is 13.2 Å². The molecule has 0 aromatic carbocycles. The van der Waals surface area contributed by atoms with Gasteiger partial charge in [0.15, 0.2) is 5.78 Å². The number of imide groups is 1. The van der Waals surface area contributed by atoms with E-state index in [9.17, 15) is 14.4 Å². The Kier molecular flexibility index (Phi) is 21.9. The molecule has 1 fully saturated rings. The van der Waals surface area contributed by atoms with Gasteiger partial charge in [0.1, 0.15) is 0 Å². The highest BCUT2D eigenvalue weighted by atomic mass is 16.7. The number of allylic oxidation sites excluding steroid dienone is 1. The lowest BCUT2D eigenvalue weighted by molar-refractivity contribution is -0.288. The van der Waals surface area contributed by atoms with Crippen molar-refractivity contribution in [3.63, 3.8) is 0 Å². The number of nitrogens with one attached hydrogen (secondary N) is 1. The van der Waals surface area contributed by atoms with Crippen LogP contribution in [0.4, 0.5) is 9.59 Å². The number of carbonyl (C=O) groups is 3. The molecular formula is C39H72N4O4. The van der Waals surface area contributed by atoms with Crippen molar-refractivity contribution in [2.24, 2.45) is 5.92 Å². The SMILES string of the molecule is C=CCCCCCCN(C(=O)NCC=C)C(=O)N(CCCCCC)CC(=O)CC1CC(C)(C)N(OCCCCCCCC)C(C)(C)C1. The van der Waals surface area contributed by atoms with Crippen LogP contribution in [0.2, 0.25) is 0 Å². The van der Waals surface area contributed by atoms with Crippen molar-refractivity contribution in [1.29, 1.82) is 0 Å². The molecule has 4 amide bonds. The van der Waals surface area contributed by atoms with E-state index in [1.807, 2.05) is 6.08 Å². The third-order valence-corrected chi connectivity index (χ3v) is 9.24. The second kappa shape index (κ2) is 24.0. The van der Waals surface area contributed by atoms with E-state index in [2.05, 4.69) is 65.1 Å². The van der Waals surface area contributed by atoms with E-state index in [0.717, 1.165) is 83.7 Å². The summed E-state index contributed by atoms with van der Waals surface area (Å²) in [5.41, 5.74) is -0.424. The van der Waals surface area contributed by atoms with E-state index < -0.39 is 6.03 Å². The molecule has 1 aliphatic heterocycles. The minimum absolute atomic E-state index is 0.0329. The van der Waals surface area contributed by atoms with Gasteiger partial charge in [-0.05, 0) is 78.6 Å². The summed E-state index contributed by atoms with van der Waals surface area (Å²) in [7, 11) is 0. The predicted octanol–water partition coefficient (Wildman–Crippen LogP) is 9.84. The summed E-state index contributed by atoms with van der Waals surface area (Å²) in [6, 6.07) is -0.801. The Labute approximate surface area is 289 Å². The molecule has 1 aliphatic rings. The van der Waals surface area contributed by atoms with E-state index in [4.69, 9.17) is 4.84 Å². The number of hydrogen-bond acceptors (Lipinski definition) is 5. The minimum Gasteiger partial charge on any atom is -0.334 e. The van der Waals surface area contributed by atoms with Gasteiger partial charge in [-0.25, -0.2) is 14.5 Å². The van der Waals surface area contributed by atoms with Crippen LogP contribution < -0.4 is 5.32 Å². The molecule has 1 saturated heterocycles. The Morgan fingerprint density at radius 1 is 0.787 bits per heavy atom. The van der Waals surface area contributed by atoms with Crippen molar-refractivity contribution in [1.82, 2.24) is 20.2 Å². The second-order valence-corrected chi connectivity index (χ2v) is 14.9. The van der Waals surface area contributed by atoms with E-state index in [1.165, 1.54) is 37.0 Å². The average Bonchev–Trinajstić information content (AvgIpc) is 3.00. The Morgan fingerprint density at radius 3 is 1.96 bits per heavy atom. The zero-order valence-electron chi connectivity index (χ0n) is 31.4. The molecule has 0 aromatic heterocycles. The number of hydroxylamine groups is 2. The number of nitrogens with zero attached hydrogens (tertiary/aromatic N) is 3. The molecule has 0 aliphatic carbocycles. The van der Waals surface area contributed by atoms with Gasteiger partial charge in [0.25, 0.3) is 0 Å². The van der Waals surface area contributed by atoms with E-state index in [0.29, 0.717) is 19.5 Å². The normalized spacial score (nSPS) is 16.0. The minimum atomic E-state index is -0.427. The standard InChI is InChI=1S/C39H72N4O4/c1-9-13-16-19-21-24-28-42(36(45)40-26-12-4)37(46)41(27-23-18-15-11-3)33-35(44)30-34-31-38(5,6)43(39(7,8)32-34)47-29-25-22-20-17-14-10-2/h9,12,34H,1,4,10-11,13-33H2,2-3,5-8H3,(H,40,45). The highest BCUT2D eigenvalue weighted by molar-refractivity contribution is 5.95. The first-order valence-corrected chi connectivity index (χ1v) is 18.9. The Morgan fingerprint density at radius 2 is 1.34 bits per heavy atom. The van der Waals surface area contributed by atoms with Crippen molar-refractivity contribution in [3.8, 4) is 0 Å². The molecule has 0 spiro atoms. The summed E-state index contributed by atoms with van der Waals surface area (Å²) in [4.78, 5) is 50.1. The van der Waals surface area contributed by atoms with Crippen molar-refractivity contribution in [3.05, 3.63) is 25.3 Å².